The van der Waals surface area contributed by atoms with Gasteiger partial charge < -0.3 is 10.7 Å². The van der Waals surface area contributed by atoms with Gasteiger partial charge in [-0.3, -0.25) is 0 Å². The minimum Gasteiger partial charge on any atom is -0.358 e. The Morgan fingerprint density at radius 2 is 2.05 bits per heavy atom. The molecule has 0 saturated heterocycles. The molecular weight excluding hydrogens is 319 g/mol. The lowest BCUT2D eigenvalue weighted by atomic mass is 10.1. The molecule has 0 fully saturated rings. The van der Waals surface area contributed by atoms with Crippen molar-refractivity contribution in [3.8, 4) is 0 Å². The molecular formula is C17H16ClFN2S. The molecule has 1 heterocycles. The van der Waals surface area contributed by atoms with Crippen molar-refractivity contribution in [2.75, 3.05) is 6.54 Å². The van der Waals surface area contributed by atoms with E-state index in [4.69, 9.17) is 17.3 Å². The Kier molecular flexibility index (Phi) is 4.43. The molecule has 5 heteroatoms. The largest absolute Gasteiger partial charge is 0.358 e. The average Bonchev–Trinajstić information content (AvgIpc) is 2.78. The molecule has 3 rings (SSSR count). The monoisotopic (exact) mass is 334 g/mol. The standard InChI is InChI=1S/C17H16ClFN2S/c1-10-17(14-9-13(19)3-4-15(14)21-10)22-16-5-2-12(18)8-11(16)6-7-20/h2-5,8-9,21H,6-7,20H2,1H3. The third-order valence-electron chi connectivity index (χ3n) is 3.54. The Labute approximate surface area is 137 Å². The van der Waals surface area contributed by atoms with Crippen LogP contribution in [0.2, 0.25) is 5.02 Å². The topological polar surface area (TPSA) is 41.8 Å². The number of nitrogens with two attached hydrogens (primary N) is 1. The highest BCUT2D eigenvalue weighted by Crippen LogP contribution is 2.38. The summed E-state index contributed by atoms with van der Waals surface area (Å²) in [6, 6.07) is 10.6. The summed E-state index contributed by atoms with van der Waals surface area (Å²) in [4.78, 5) is 5.44. The van der Waals surface area contributed by atoms with Crippen LogP contribution < -0.4 is 5.73 Å². The number of rotatable bonds is 4. The number of hydrogen-bond donors (Lipinski definition) is 2. The molecule has 0 amide bonds. The lowest BCUT2D eigenvalue weighted by Gasteiger charge is -2.09. The van der Waals surface area contributed by atoms with Crippen LogP contribution in [-0.2, 0) is 6.42 Å². The number of H-pyrrole nitrogens is 1. The van der Waals surface area contributed by atoms with E-state index in [1.807, 2.05) is 25.1 Å². The molecule has 0 aliphatic heterocycles. The molecule has 0 saturated carbocycles. The van der Waals surface area contributed by atoms with Gasteiger partial charge in [-0.25, -0.2) is 4.39 Å². The highest BCUT2D eigenvalue weighted by molar-refractivity contribution is 7.99. The zero-order valence-corrected chi connectivity index (χ0v) is 13.7. The number of hydrogen-bond acceptors (Lipinski definition) is 2. The maximum Gasteiger partial charge on any atom is 0.123 e. The Morgan fingerprint density at radius 1 is 1.23 bits per heavy atom. The molecule has 2 nitrogen and oxygen atoms in total. The van der Waals surface area contributed by atoms with Gasteiger partial charge in [-0.05, 0) is 61.9 Å². The summed E-state index contributed by atoms with van der Waals surface area (Å²) >= 11 is 7.70. The third kappa shape index (κ3) is 3.00. The van der Waals surface area contributed by atoms with E-state index < -0.39 is 0 Å². The van der Waals surface area contributed by atoms with Crippen LogP contribution in [0.15, 0.2) is 46.2 Å². The SMILES string of the molecule is Cc1[nH]c2ccc(F)cc2c1Sc1ccc(Cl)cc1CCN. The van der Waals surface area contributed by atoms with Gasteiger partial charge in [0.05, 0.1) is 0 Å². The number of aryl methyl sites for hydroxylation is 1. The van der Waals surface area contributed by atoms with E-state index in [0.717, 1.165) is 38.4 Å². The number of aromatic amines is 1. The second-order valence-electron chi connectivity index (χ2n) is 5.16. The normalized spacial score (nSPS) is 11.3. The first-order valence-electron chi connectivity index (χ1n) is 7.02. The predicted molar refractivity (Wildman–Crippen MR) is 91.3 cm³/mol. The predicted octanol–water partition coefficient (Wildman–Crippen LogP) is 4.92. The van der Waals surface area contributed by atoms with E-state index in [2.05, 4.69) is 4.98 Å². The molecule has 0 atom stereocenters. The molecule has 3 N–H and O–H groups in total. The van der Waals surface area contributed by atoms with Crippen molar-refractivity contribution >= 4 is 34.3 Å². The second-order valence-corrected chi connectivity index (χ2v) is 6.65. The van der Waals surface area contributed by atoms with Crippen molar-refractivity contribution < 1.29 is 4.39 Å². The van der Waals surface area contributed by atoms with Crippen molar-refractivity contribution in [1.82, 2.24) is 4.98 Å². The molecule has 114 valence electrons. The summed E-state index contributed by atoms with van der Waals surface area (Å²) in [7, 11) is 0. The van der Waals surface area contributed by atoms with E-state index in [1.54, 1.807) is 23.9 Å². The molecule has 0 bridgehead atoms. The fourth-order valence-corrected chi connectivity index (χ4v) is 3.84. The molecule has 0 radical (unpaired) electrons. The molecule has 0 aliphatic rings. The van der Waals surface area contributed by atoms with Crippen molar-refractivity contribution in [1.29, 1.82) is 0 Å². The quantitative estimate of drug-likeness (QED) is 0.711. The first kappa shape index (κ1) is 15.4. The lowest BCUT2D eigenvalue weighted by Crippen LogP contribution is -2.03. The summed E-state index contributed by atoms with van der Waals surface area (Å²) < 4.78 is 13.6. The van der Waals surface area contributed by atoms with Gasteiger partial charge in [0.1, 0.15) is 5.82 Å². The van der Waals surface area contributed by atoms with Crippen LogP contribution in [0, 0.1) is 12.7 Å². The first-order chi connectivity index (χ1) is 10.6. The van der Waals surface area contributed by atoms with E-state index in [1.165, 1.54) is 6.07 Å². The lowest BCUT2D eigenvalue weighted by molar-refractivity contribution is 0.629. The fraction of sp³-hybridized carbons (Fsp3) is 0.176. The van der Waals surface area contributed by atoms with Gasteiger partial charge in [0.15, 0.2) is 0 Å². The van der Waals surface area contributed by atoms with Gasteiger partial charge >= 0.3 is 0 Å². The molecule has 3 aromatic rings. The minimum atomic E-state index is -0.230. The summed E-state index contributed by atoms with van der Waals surface area (Å²) in [6.45, 7) is 2.56. The number of halogens is 2. The van der Waals surface area contributed by atoms with E-state index in [-0.39, 0.29) is 5.82 Å². The number of fused-ring (bicyclic) bond motifs is 1. The van der Waals surface area contributed by atoms with Crippen LogP contribution in [0.5, 0.6) is 0 Å². The average molecular weight is 335 g/mol. The van der Waals surface area contributed by atoms with Gasteiger partial charge in [0.2, 0.25) is 0 Å². The molecule has 0 aliphatic carbocycles. The van der Waals surface area contributed by atoms with Crippen LogP contribution >= 0.6 is 23.4 Å². The molecule has 22 heavy (non-hydrogen) atoms. The summed E-state index contributed by atoms with van der Waals surface area (Å²) in [5, 5.41) is 1.60. The highest BCUT2D eigenvalue weighted by atomic mass is 35.5. The van der Waals surface area contributed by atoms with Gasteiger partial charge in [-0.1, -0.05) is 23.4 Å². The first-order valence-corrected chi connectivity index (χ1v) is 8.22. The molecule has 0 spiro atoms. The molecule has 2 aromatic carbocycles. The maximum atomic E-state index is 13.6. The Morgan fingerprint density at radius 3 is 2.82 bits per heavy atom. The number of aromatic nitrogens is 1. The van der Waals surface area contributed by atoms with Crippen LogP contribution in [0.1, 0.15) is 11.3 Å². The Hall–Kier alpha value is -1.49. The summed E-state index contributed by atoms with van der Waals surface area (Å²) in [5.41, 5.74) is 8.77. The van der Waals surface area contributed by atoms with Crippen LogP contribution in [0.25, 0.3) is 10.9 Å². The zero-order valence-electron chi connectivity index (χ0n) is 12.1. The van der Waals surface area contributed by atoms with Crippen LogP contribution in [-0.4, -0.2) is 11.5 Å². The van der Waals surface area contributed by atoms with Crippen molar-refractivity contribution in [3.63, 3.8) is 0 Å². The highest BCUT2D eigenvalue weighted by Gasteiger charge is 2.13. The maximum absolute atomic E-state index is 13.6. The third-order valence-corrected chi connectivity index (χ3v) is 5.12. The molecule has 0 unspecified atom stereocenters. The van der Waals surface area contributed by atoms with Gasteiger partial charge in [0, 0.05) is 31.4 Å². The van der Waals surface area contributed by atoms with Crippen LogP contribution in [0.3, 0.4) is 0 Å². The van der Waals surface area contributed by atoms with E-state index in [9.17, 15) is 4.39 Å². The fourth-order valence-electron chi connectivity index (χ4n) is 2.51. The summed E-state index contributed by atoms with van der Waals surface area (Å²) in [6.07, 6.45) is 0.763. The van der Waals surface area contributed by atoms with E-state index >= 15 is 0 Å². The van der Waals surface area contributed by atoms with Crippen molar-refractivity contribution in [2.45, 2.75) is 23.1 Å². The van der Waals surface area contributed by atoms with Gasteiger partial charge in [-0.2, -0.15) is 0 Å². The van der Waals surface area contributed by atoms with Gasteiger partial charge in [-0.15, -0.1) is 0 Å². The Bertz CT molecular complexity index is 829. The number of benzene rings is 2. The number of nitrogens with one attached hydrogen (secondary N) is 1. The van der Waals surface area contributed by atoms with Crippen molar-refractivity contribution in [2.24, 2.45) is 5.73 Å². The smallest absolute Gasteiger partial charge is 0.123 e. The van der Waals surface area contributed by atoms with Crippen LogP contribution in [0.4, 0.5) is 4.39 Å². The van der Waals surface area contributed by atoms with E-state index in [0.29, 0.717) is 11.6 Å². The minimum absolute atomic E-state index is 0.230. The van der Waals surface area contributed by atoms with Gasteiger partial charge in [0.25, 0.3) is 0 Å². The van der Waals surface area contributed by atoms with Crippen molar-refractivity contribution in [3.05, 3.63) is 58.5 Å². The zero-order chi connectivity index (χ0) is 15.7. The second kappa shape index (κ2) is 6.32. The summed E-state index contributed by atoms with van der Waals surface area (Å²) in [5.74, 6) is -0.230. The molecule has 1 aromatic heterocycles. The Balaban J connectivity index is 2.06.